The van der Waals surface area contributed by atoms with Gasteiger partial charge in [0.05, 0.1) is 11.9 Å². The van der Waals surface area contributed by atoms with E-state index in [-0.39, 0.29) is 5.91 Å². The molecule has 1 aromatic carbocycles. The fourth-order valence-electron chi connectivity index (χ4n) is 1.96. The average Bonchev–Trinajstić information content (AvgIpc) is 2.38. The van der Waals surface area contributed by atoms with Gasteiger partial charge in [-0.25, -0.2) is 0 Å². The van der Waals surface area contributed by atoms with Gasteiger partial charge in [0, 0.05) is 15.9 Å². The van der Waals surface area contributed by atoms with Gasteiger partial charge in [0.2, 0.25) is 5.91 Å². The van der Waals surface area contributed by atoms with E-state index in [1.54, 1.807) is 0 Å². The maximum atomic E-state index is 11.8. The minimum absolute atomic E-state index is 0.0391. The van der Waals surface area contributed by atoms with Crippen LogP contribution in [0.1, 0.15) is 31.4 Å². The quantitative estimate of drug-likeness (QED) is 0.716. The fraction of sp³-hybridized carbons (Fsp3) is 0.562. The van der Waals surface area contributed by atoms with E-state index in [1.807, 2.05) is 13.8 Å². The maximum absolute atomic E-state index is 11.8. The molecule has 5 heteroatoms. The first-order chi connectivity index (χ1) is 9.79. The normalized spacial score (nSPS) is 12.5. The molecule has 0 bridgehead atoms. The van der Waals surface area contributed by atoms with Crippen molar-refractivity contribution in [2.75, 3.05) is 12.3 Å². The number of rotatable bonds is 7. The summed E-state index contributed by atoms with van der Waals surface area (Å²) in [5.74, 6) is 0.762. The Bertz CT molecular complexity index is 491. The average molecular weight is 374 g/mol. The highest BCUT2D eigenvalue weighted by molar-refractivity contribution is 9.10. The Hall–Kier alpha value is -0.520. The van der Waals surface area contributed by atoms with Crippen LogP contribution >= 0.6 is 27.7 Å². The monoisotopic (exact) mass is 373 g/mol. The van der Waals surface area contributed by atoms with Gasteiger partial charge in [-0.2, -0.15) is 0 Å². The van der Waals surface area contributed by atoms with Crippen LogP contribution in [-0.4, -0.2) is 29.4 Å². The second kappa shape index (κ2) is 8.81. The van der Waals surface area contributed by atoms with Crippen LogP contribution in [0.5, 0.6) is 0 Å². The van der Waals surface area contributed by atoms with Gasteiger partial charge in [0.15, 0.2) is 0 Å². The molecule has 0 aliphatic rings. The molecule has 0 spiro atoms. The van der Waals surface area contributed by atoms with Gasteiger partial charge in [-0.15, -0.1) is 11.8 Å². The molecule has 0 aliphatic carbocycles. The summed E-state index contributed by atoms with van der Waals surface area (Å²) in [7, 11) is 0. The summed E-state index contributed by atoms with van der Waals surface area (Å²) in [5.41, 5.74) is 2.32. The van der Waals surface area contributed by atoms with E-state index in [0.717, 1.165) is 20.5 Å². The molecule has 0 aliphatic heterocycles. The van der Waals surface area contributed by atoms with Gasteiger partial charge in [-0.05, 0) is 49.4 Å². The van der Waals surface area contributed by atoms with Crippen molar-refractivity contribution >= 4 is 33.6 Å². The Morgan fingerprint density at radius 3 is 2.62 bits per heavy atom. The predicted octanol–water partition coefficient (Wildman–Crippen LogP) is 3.68. The lowest BCUT2D eigenvalue weighted by Crippen LogP contribution is -2.33. The van der Waals surface area contributed by atoms with E-state index in [2.05, 4.69) is 47.2 Å². The van der Waals surface area contributed by atoms with E-state index in [4.69, 9.17) is 0 Å². The highest BCUT2D eigenvalue weighted by Gasteiger charge is 2.10. The number of nitrogens with one attached hydrogen (secondary N) is 1. The van der Waals surface area contributed by atoms with Crippen LogP contribution < -0.4 is 5.32 Å². The molecule has 3 nitrogen and oxygen atoms in total. The summed E-state index contributed by atoms with van der Waals surface area (Å²) in [6, 6.07) is 4.16. The van der Waals surface area contributed by atoms with Crippen LogP contribution in [0.4, 0.5) is 0 Å². The Kier molecular flexibility index (Phi) is 7.77. The lowest BCUT2D eigenvalue weighted by molar-refractivity contribution is -0.119. The second-order valence-corrected chi connectivity index (χ2v) is 7.61. The molecule has 0 saturated heterocycles. The largest absolute Gasteiger partial charge is 0.391 e. The minimum atomic E-state index is -0.462. The van der Waals surface area contributed by atoms with Crippen LogP contribution in [-0.2, 0) is 4.79 Å². The summed E-state index contributed by atoms with van der Waals surface area (Å²) >= 11 is 5.03. The zero-order chi connectivity index (χ0) is 16.0. The highest BCUT2D eigenvalue weighted by Crippen LogP contribution is 2.28. The smallest absolute Gasteiger partial charge is 0.230 e. The first kappa shape index (κ1) is 18.5. The molecule has 21 heavy (non-hydrogen) atoms. The number of thioether (sulfide) groups is 1. The topological polar surface area (TPSA) is 49.3 Å². The summed E-state index contributed by atoms with van der Waals surface area (Å²) in [6.45, 7) is 8.52. The van der Waals surface area contributed by atoms with E-state index in [0.29, 0.717) is 24.6 Å². The predicted molar refractivity (Wildman–Crippen MR) is 92.8 cm³/mol. The van der Waals surface area contributed by atoms with Gasteiger partial charge < -0.3 is 10.4 Å². The van der Waals surface area contributed by atoms with Gasteiger partial charge in [-0.3, -0.25) is 4.79 Å². The van der Waals surface area contributed by atoms with Gasteiger partial charge >= 0.3 is 0 Å². The number of carbonyl (C=O) groups is 1. The molecule has 1 amide bonds. The number of hydrogen-bond acceptors (Lipinski definition) is 3. The lowest BCUT2D eigenvalue weighted by Gasteiger charge is -2.14. The Morgan fingerprint density at radius 1 is 1.33 bits per heavy atom. The van der Waals surface area contributed by atoms with Crippen LogP contribution in [0.25, 0.3) is 0 Å². The van der Waals surface area contributed by atoms with Gasteiger partial charge in [-0.1, -0.05) is 29.8 Å². The highest BCUT2D eigenvalue weighted by atomic mass is 79.9. The second-order valence-electron chi connectivity index (χ2n) is 5.74. The van der Waals surface area contributed by atoms with Gasteiger partial charge in [0.25, 0.3) is 0 Å². The molecule has 0 radical (unpaired) electrons. The first-order valence-corrected chi connectivity index (χ1v) is 8.91. The molecular formula is C16H24BrNO2S. The lowest BCUT2D eigenvalue weighted by atomic mass is 10.1. The standard InChI is InChI=1S/C16H24BrNO2S/c1-10(2)5-13(19)8-18-16(20)9-21-15-7-11(3)14(17)6-12(15)4/h6-7,10,13,19H,5,8-9H2,1-4H3,(H,18,20). The molecule has 2 N–H and O–H groups in total. The number of hydrogen-bond donors (Lipinski definition) is 2. The third kappa shape index (κ3) is 6.85. The van der Waals surface area contributed by atoms with E-state index >= 15 is 0 Å². The molecule has 0 aromatic heterocycles. The number of aryl methyl sites for hydroxylation is 2. The van der Waals surface area contributed by atoms with Crippen LogP contribution in [0.15, 0.2) is 21.5 Å². The zero-order valence-electron chi connectivity index (χ0n) is 13.1. The SMILES string of the molecule is Cc1cc(SCC(=O)NCC(O)CC(C)C)c(C)cc1Br. The summed E-state index contributed by atoms with van der Waals surface area (Å²) in [5, 5.41) is 12.5. The number of aliphatic hydroxyl groups excluding tert-OH is 1. The molecular weight excluding hydrogens is 350 g/mol. The summed E-state index contributed by atoms with van der Waals surface area (Å²) in [6.07, 6.45) is 0.244. The van der Waals surface area contributed by atoms with Crippen LogP contribution in [0.3, 0.4) is 0 Å². The molecule has 1 rings (SSSR count). The van der Waals surface area contributed by atoms with E-state index in [9.17, 15) is 9.90 Å². The minimum Gasteiger partial charge on any atom is -0.391 e. The van der Waals surface area contributed by atoms with Crippen molar-refractivity contribution in [3.8, 4) is 0 Å². The van der Waals surface area contributed by atoms with Crippen molar-refractivity contribution in [3.05, 3.63) is 27.7 Å². The zero-order valence-corrected chi connectivity index (χ0v) is 15.5. The van der Waals surface area contributed by atoms with Crippen molar-refractivity contribution in [3.63, 3.8) is 0 Å². The molecule has 1 aromatic rings. The van der Waals surface area contributed by atoms with Crippen molar-refractivity contribution in [2.24, 2.45) is 5.92 Å². The molecule has 118 valence electrons. The van der Waals surface area contributed by atoms with Crippen molar-refractivity contribution < 1.29 is 9.90 Å². The first-order valence-electron chi connectivity index (χ1n) is 7.14. The Labute approximate surface area is 140 Å². The third-order valence-corrected chi connectivity index (χ3v) is 5.11. The van der Waals surface area contributed by atoms with Crippen molar-refractivity contribution in [1.82, 2.24) is 5.32 Å². The molecule has 1 atom stereocenters. The molecule has 0 heterocycles. The fourth-order valence-corrected chi connectivity index (χ4v) is 3.36. The Balaban J connectivity index is 2.41. The van der Waals surface area contributed by atoms with Crippen LogP contribution in [0.2, 0.25) is 0 Å². The van der Waals surface area contributed by atoms with Gasteiger partial charge in [0.1, 0.15) is 0 Å². The third-order valence-electron chi connectivity index (χ3n) is 3.09. The van der Waals surface area contributed by atoms with Crippen LogP contribution in [0, 0.1) is 19.8 Å². The number of aliphatic hydroxyl groups is 1. The number of benzene rings is 1. The molecule has 1 unspecified atom stereocenters. The van der Waals surface area contributed by atoms with E-state index < -0.39 is 6.10 Å². The number of halogens is 1. The summed E-state index contributed by atoms with van der Waals surface area (Å²) < 4.78 is 1.09. The van der Waals surface area contributed by atoms with Crippen molar-refractivity contribution in [2.45, 2.75) is 45.1 Å². The number of carbonyl (C=O) groups excluding carboxylic acids is 1. The van der Waals surface area contributed by atoms with Crippen molar-refractivity contribution in [1.29, 1.82) is 0 Å². The van der Waals surface area contributed by atoms with E-state index in [1.165, 1.54) is 11.8 Å². The number of amides is 1. The molecule has 0 fully saturated rings. The summed E-state index contributed by atoms with van der Waals surface area (Å²) in [4.78, 5) is 12.9. The maximum Gasteiger partial charge on any atom is 0.230 e. The molecule has 0 saturated carbocycles. The Morgan fingerprint density at radius 2 is 2.00 bits per heavy atom.